The summed E-state index contributed by atoms with van der Waals surface area (Å²) in [5, 5.41) is 10.9. The van der Waals surface area contributed by atoms with E-state index in [-0.39, 0.29) is 23.8 Å². The number of fused-ring (bicyclic) bond motifs is 2. The van der Waals surface area contributed by atoms with Crippen LogP contribution in [0, 0.1) is 6.92 Å². The van der Waals surface area contributed by atoms with Gasteiger partial charge in [0.2, 0.25) is 5.91 Å². The molecule has 7 heteroatoms. The van der Waals surface area contributed by atoms with Crippen molar-refractivity contribution in [1.82, 2.24) is 19.6 Å². The van der Waals surface area contributed by atoms with E-state index in [1.54, 1.807) is 10.9 Å². The van der Waals surface area contributed by atoms with Gasteiger partial charge in [0, 0.05) is 41.7 Å². The molecule has 0 spiro atoms. The molecular formula is C21H19N5O2. The number of aromatic amines is 1. The van der Waals surface area contributed by atoms with E-state index in [1.807, 2.05) is 61.1 Å². The van der Waals surface area contributed by atoms with Crippen molar-refractivity contribution in [2.45, 2.75) is 19.3 Å². The summed E-state index contributed by atoms with van der Waals surface area (Å²) in [4.78, 5) is 25.8. The average molecular weight is 373 g/mol. The third-order valence-corrected chi connectivity index (χ3v) is 5.60. The molecular weight excluding hydrogens is 354 g/mol. The number of carbonyl (C=O) groups is 1. The molecule has 4 aromatic rings. The highest BCUT2D eigenvalue weighted by molar-refractivity contribution is 5.98. The van der Waals surface area contributed by atoms with Gasteiger partial charge in [-0.25, -0.2) is 4.68 Å². The number of hydrogen-bond donors (Lipinski definition) is 2. The van der Waals surface area contributed by atoms with E-state index in [0.717, 1.165) is 33.5 Å². The molecule has 1 atom stereocenters. The molecule has 0 radical (unpaired) electrons. The zero-order chi connectivity index (χ0) is 19.4. The summed E-state index contributed by atoms with van der Waals surface area (Å²) < 4.78 is 3.52. The summed E-state index contributed by atoms with van der Waals surface area (Å²) >= 11 is 0. The van der Waals surface area contributed by atoms with E-state index >= 15 is 0 Å². The number of rotatable bonds is 2. The molecule has 0 saturated heterocycles. The maximum absolute atomic E-state index is 13.4. The van der Waals surface area contributed by atoms with Gasteiger partial charge in [-0.15, -0.1) is 0 Å². The van der Waals surface area contributed by atoms with Crippen molar-refractivity contribution >= 4 is 22.5 Å². The third-order valence-electron chi connectivity index (χ3n) is 5.60. The fourth-order valence-corrected chi connectivity index (χ4v) is 4.15. The predicted octanol–water partition coefficient (Wildman–Crippen LogP) is 2.83. The van der Waals surface area contributed by atoms with Gasteiger partial charge in [-0.2, -0.15) is 5.10 Å². The first-order valence-corrected chi connectivity index (χ1v) is 9.15. The number of anilines is 1. The standard InChI is InChI=1S/C21H19N5O2/c1-12-20(21(28)26(25(12)2)14-6-4-3-5-7-14)16-9-19(27)23-18-10-17-13(8-15(16)18)11-22-24-17/h3-8,10-11,16H,9H2,1-2H3,(H,22,24)(H,23,27)/t16-/m0/s1. The molecule has 0 bridgehead atoms. The van der Waals surface area contributed by atoms with Crippen molar-refractivity contribution < 1.29 is 4.79 Å². The van der Waals surface area contributed by atoms with Crippen molar-refractivity contribution in [3.63, 3.8) is 0 Å². The monoisotopic (exact) mass is 373 g/mol. The summed E-state index contributed by atoms with van der Waals surface area (Å²) in [5.74, 6) is -0.392. The second kappa shape index (κ2) is 5.95. The van der Waals surface area contributed by atoms with Gasteiger partial charge in [0.15, 0.2) is 0 Å². The fraction of sp³-hybridized carbons (Fsp3) is 0.190. The molecule has 2 N–H and O–H groups in total. The van der Waals surface area contributed by atoms with Crippen molar-refractivity contribution in [3.8, 4) is 5.69 Å². The second-order valence-corrected chi connectivity index (χ2v) is 7.18. The lowest BCUT2D eigenvalue weighted by Gasteiger charge is -2.25. The zero-order valence-corrected chi connectivity index (χ0v) is 15.6. The predicted molar refractivity (Wildman–Crippen MR) is 107 cm³/mol. The lowest BCUT2D eigenvalue weighted by Crippen LogP contribution is -2.28. The molecule has 1 amide bonds. The lowest BCUT2D eigenvalue weighted by molar-refractivity contribution is -0.116. The molecule has 0 unspecified atom stereocenters. The van der Waals surface area contributed by atoms with Gasteiger partial charge < -0.3 is 5.32 Å². The molecule has 1 aliphatic rings. The Morgan fingerprint density at radius 2 is 1.93 bits per heavy atom. The smallest absolute Gasteiger partial charge is 0.275 e. The number of H-pyrrole nitrogens is 1. The van der Waals surface area contributed by atoms with Gasteiger partial charge in [0.05, 0.1) is 17.4 Å². The SMILES string of the molecule is Cc1c([C@H]2CC(=O)Nc3cc4[nH]ncc4cc32)c(=O)n(-c2ccccc2)n1C. The first-order chi connectivity index (χ1) is 13.5. The van der Waals surface area contributed by atoms with E-state index in [1.165, 1.54) is 0 Å². The summed E-state index contributed by atoms with van der Waals surface area (Å²) in [6.45, 7) is 1.93. The maximum Gasteiger partial charge on any atom is 0.275 e. The van der Waals surface area contributed by atoms with E-state index < -0.39 is 0 Å². The Kier molecular flexibility index (Phi) is 3.52. The number of amides is 1. The summed E-state index contributed by atoms with van der Waals surface area (Å²) in [6.07, 6.45) is 1.99. The Hall–Kier alpha value is -3.61. The van der Waals surface area contributed by atoms with Crippen LogP contribution in [0.15, 0.2) is 53.5 Å². The lowest BCUT2D eigenvalue weighted by atomic mass is 9.84. The van der Waals surface area contributed by atoms with Crippen LogP contribution in [0.3, 0.4) is 0 Å². The minimum absolute atomic E-state index is 0.0923. The maximum atomic E-state index is 13.4. The van der Waals surface area contributed by atoms with Gasteiger partial charge in [0.1, 0.15) is 0 Å². The number of nitrogens with zero attached hydrogens (tertiary/aromatic N) is 3. The molecule has 2 aromatic carbocycles. The van der Waals surface area contributed by atoms with E-state index in [0.29, 0.717) is 5.56 Å². The van der Waals surface area contributed by atoms with Gasteiger partial charge >= 0.3 is 0 Å². The minimum atomic E-state index is -0.299. The quantitative estimate of drug-likeness (QED) is 0.567. The molecule has 1 aliphatic heterocycles. The molecule has 140 valence electrons. The van der Waals surface area contributed by atoms with E-state index in [4.69, 9.17) is 0 Å². The molecule has 3 heterocycles. The Labute approximate surface area is 160 Å². The van der Waals surface area contributed by atoms with Crippen molar-refractivity contribution in [2.24, 2.45) is 7.05 Å². The average Bonchev–Trinajstić information content (AvgIpc) is 3.22. The number of para-hydroxylation sites is 1. The highest BCUT2D eigenvalue weighted by atomic mass is 16.2. The van der Waals surface area contributed by atoms with Gasteiger partial charge in [-0.05, 0) is 36.8 Å². The van der Waals surface area contributed by atoms with Crippen LogP contribution in [0.25, 0.3) is 16.6 Å². The number of nitrogens with one attached hydrogen (secondary N) is 2. The molecule has 5 rings (SSSR count). The largest absolute Gasteiger partial charge is 0.326 e. The Bertz CT molecular complexity index is 1280. The fourth-order valence-electron chi connectivity index (χ4n) is 4.15. The molecule has 2 aromatic heterocycles. The van der Waals surface area contributed by atoms with Crippen molar-refractivity contribution in [1.29, 1.82) is 0 Å². The molecule has 0 saturated carbocycles. The van der Waals surface area contributed by atoms with Crippen LogP contribution in [-0.2, 0) is 11.8 Å². The van der Waals surface area contributed by atoms with Crippen LogP contribution in [-0.4, -0.2) is 25.5 Å². The van der Waals surface area contributed by atoms with Crippen LogP contribution in [0.5, 0.6) is 0 Å². The summed E-state index contributed by atoms with van der Waals surface area (Å²) in [7, 11) is 1.87. The second-order valence-electron chi connectivity index (χ2n) is 7.18. The minimum Gasteiger partial charge on any atom is -0.326 e. The van der Waals surface area contributed by atoms with Crippen molar-refractivity contribution in [2.75, 3.05) is 5.32 Å². The Morgan fingerprint density at radius 3 is 2.71 bits per heavy atom. The van der Waals surface area contributed by atoms with E-state index in [2.05, 4.69) is 15.5 Å². The van der Waals surface area contributed by atoms with Gasteiger partial charge in [-0.3, -0.25) is 19.4 Å². The van der Waals surface area contributed by atoms with Crippen LogP contribution in [0.1, 0.15) is 29.2 Å². The van der Waals surface area contributed by atoms with Crippen LogP contribution >= 0.6 is 0 Å². The van der Waals surface area contributed by atoms with Gasteiger partial charge in [-0.1, -0.05) is 18.2 Å². The molecule has 7 nitrogen and oxygen atoms in total. The Balaban J connectivity index is 1.75. The first-order valence-electron chi connectivity index (χ1n) is 9.15. The molecule has 0 fully saturated rings. The van der Waals surface area contributed by atoms with Crippen LogP contribution < -0.4 is 10.9 Å². The highest BCUT2D eigenvalue weighted by Crippen LogP contribution is 2.39. The normalized spacial score (nSPS) is 16.2. The number of carbonyl (C=O) groups excluding carboxylic acids is 1. The van der Waals surface area contributed by atoms with E-state index in [9.17, 15) is 9.59 Å². The topological polar surface area (TPSA) is 84.7 Å². The van der Waals surface area contributed by atoms with Crippen molar-refractivity contribution in [3.05, 3.63) is 75.8 Å². The van der Waals surface area contributed by atoms with Crippen LogP contribution in [0.4, 0.5) is 5.69 Å². The number of aromatic nitrogens is 4. The summed E-state index contributed by atoms with van der Waals surface area (Å²) in [5.41, 5.74) is 4.74. The Morgan fingerprint density at radius 1 is 1.14 bits per heavy atom. The van der Waals surface area contributed by atoms with Gasteiger partial charge in [0.25, 0.3) is 5.56 Å². The third kappa shape index (κ3) is 2.32. The first kappa shape index (κ1) is 16.6. The zero-order valence-electron chi connectivity index (χ0n) is 15.6. The summed E-state index contributed by atoms with van der Waals surface area (Å²) in [6, 6.07) is 13.4. The molecule has 0 aliphatic carbocycles. The number of hydrogen-bond acceptors (Lipinski definition) is 3. The molecule has 28 heavy (non-hydrogen) atoms. The highest BCUT2D eigenvalue weighted by Gasteiger charge is 2.32. The van der Waals surface area contributed by atoms with Crippen LogP contribution in [0.2, 0.25) is 0 Å². The number of benzene rings is 2.